The Hall–Kier alpha value is -2.14. The minimum atomic E-state index is -3.25. The second-order valence-corrected chi connectivity index (χ2v) is 6.05. The van der Waals surface area contributed by atoms with Gasteiger partial charge in [0.2, 0.25) is 0 Å². The molecule has 5 heteroatoms. The molecule has 2 rings (SSSR count). The second-order valence-electron chi connectivity index (χ2n) is 4.04. The number of carbonyl (C=O) groups excluding carboxylic acids is 1. The van der Waals surface area contributed by atoms with Gasteiger partial charge in [-0.15, -0.1) is 0 Å². The lowest BCUT2D eigenvalue weighted by Crippen LogP contribution is -1.97. The van der Waals surface area contributed by atoms with Gasteiger partial charge in [0.1, 0.15) is 17.8 Å². The highest BCUT2D eigenvalue weighted by Gasteiger charge is 2.08. The van der Waals surface area contributed by atoms with Crippen molar-refractivity contribution in [1.29, 1.82) is 0 Å². The summed E-state index contributed by atoms with van der Waals surface area (Å²) in [6, 6.07) is 12.8. The molecule has 2 aromatic rings. The van der Waals surface area contributed by atoms with Gasteiger partial charge < -0.3 is 4.74 Å². The topological polar surface area (TPSA) is 60.4 Å². The molecule has 2 aromatic carbocycles. The molecule has 19 heavy (non-hydrogen) atoms. The van der Waals surface area contributed by atoms with Gasteiger partial charge >= 0.3 is 0 Å². The van der Waals surface area contributed by atoms with Gasteiger partial charge in [-0.05, 0) is 42.5 Å². The van der Waals surface area contributed by atoms with E-state index < -0.39 is 9.84 Å². The van der Waals surface area contributed by atoms with Crippen LogP contribution in [0.5, 0.6) is 11.5 Å². The summed E-state index contributed by atoms with van der Waals surface area (Å²) in [4.78, 5) is 10.7. The zero-order chi connectivity index (χ0) is 13.9. The monoisotopic (exact) mass is 276 g/mol. The number of aldehydes is 1. The first-order valence-electron chi connectivity index (χ1n) is 5.52. The molecular formula is C14H12O4S. The molecule has 0 unspecified atom stereocenters. The van der Waals surface area contributed by atoms with Crippen molar-refractivity contribution in [3.8, 4) is 11.5 Å². The molecule has 0 N–H and O–H groups in total. The molecule has 0 aromatic heterocycles. The fraction of sp³-hybridized carbons (Fsp3) is 0.0714. The molecule has 0 radical (unpaired) electrons. The van der Waals surface area contributed by atoms with Crippen LogP contribution in [0.2, 0.25) is 0 Å². The number of carbonyl (C=O) groups is 1. The summed E-state index contributed by atoms with van der Waals surface area (Å²) in [6.07, 6.45) is 1.89. The van der Waals surface area contributed by atoms with Gasteiger partial charge in [-0.1, -0.05) is 6.07 Å². The molecule has 0 bridgehead atoms. The summed E-state index contributed by atoms with van der Waals surface area (Å²) < 4.78 is 28.4. The Morgan fingerprint density at radius 3 is 2.26 bits per heavy atom. The predicted molar refractivity (Wildman–Crippen MR) is 71.5 cm³/mol. The van der Waals surface area contributed by atoms with E-state index in [9.17, 15) is 13.2 Å². The Kier molecular flexibility index (Phi) is 3.66. The maximum Gasteiger partial charge on any atom is 0.175 e. The minimum Gasteiger partial charge on any atom is -0.457 e. The van der Waals surface area contributed by atoms with E-state index in [-0.39, 0.29) is 4.90 Å². The molecule has 0 spiro atoms. The van der Waals surface area contributed by atoms with Gasteiger partial charge in [-0.25, -0.2) is 8.42 Å². The van der Waals surface area contributed by atoms with Crippen LogP contribution in [-0.4, -0.2) is 21.0 Å². The first-order chi connectivity index (χ1) is 8.99. The van der Waals surface area contributed by atoms with E-state index in [1.165, 1.54) is 12.1 Å². The summed E-state index contributed by atoms with van der Waals surface area (Å²) in [7, 11) is -3.25. The quantitative estimate of drug-likeness (QED) is 0.805. The number of ether oxygens (including phenoxy) is 1. The van der Waals surface area contributed by atoms with Crippen LogP contribution in [0.15, 0.2) is 53.4 Å². The predicted octanol–water partition coefficient (Wildman–Crippen LogP) is 2.69. The molecule has 0 amide bonds. The molecule has 4 nitrogen and oxygen atoms in total. The maximum absolute atomic E-state index is 11.4. The average molecular weight is 276 g/mol. The lowest BCUT2D eigenvalue weighted by atomic mass is 10.2. The molecule has 0 aliphatic carbocycles. The van der Waals surface area contributed by atoms with Crippen molar-refractivity contribution in [3.05, 3.63) is 54.1 Å². The largest absolute Gasteiger partial charge is 0.457 e. The van der Waals surface area contributed by atoms with Gasteiger partial charge in [0.15, 0.2) is 9.84 Å². The molecule has 0 heterocycles. The zero-order valence-electron chi connectivity index (χ0n) is 10.2. The van der Waals surface area contributed by atoms with Gasteiger partial charge in [-0.3, -0.25) is 4.79 Å². The Balaban J connectivity index is 2.25. The zero-order valence-corrected chi connectivity index (χ0v) is 11.1. The Bertz CT molecular complexity index is 688. The number of hydrogen-bond donors (Lipinski definition) is 0. The summed E-state index contributed by atoms with van der Waals surface area (Å²) >= 11 is 0. The third-order valence-corrected chi connectivity index (χ3v) is 3.60. The minimum absolute atomic E-state index is 0.203. The van der Waals surface area contributed by atoms with Crippen LogP contribution in [-0.2, 0) is 9.84 Å². The van der Waals surface area contributed by atoms with Crippen molar-refractivity contribution in [2.45, 2.75) is 4.90 Å². The molecule has 0 saturated heterocycles. The molecule has 98 valence electrons. The van der Waals surface area contributed by atoms with E-state index in [4.69, 9.17) is 4.74 Å². The van der Waals surface area contributed by atoms with E-state index in [1.807, 2.05) is 0 Å². The van der Waals surface area contributed by atoms with Crippen molar-refractivity contribution in [2.24, 2.45) is 0 Å². The lowest BCUT2D eigenvalue weighted by molar-refractivity contribution is 0.112. The molecule has 0 fully saturated rings. The van der Waals surface area contributed by atoms with Crippen molar-refractivity contribution in [3.63, 3.8) is 0 Å². The van der Waals surface area contributed by atoms with Crippen molar-refractivity contribution in [1.82, 2.24) is 0 Å². The van der Waals surface area contributed by atoms with Crippen molar-refractivity contribution >= 4 is 16.1 Å². The number of benzene rings is 2. The van der Waals surface area contributed by atoms with Gasteiger partial charge in [-0.2, -0.15) is 0 Å². The fourth-order valence-corrected chi connectivity index (χ4v) is 2.17. The molecule has 0 aliphatic heterocycles. The Morgan fingerprint density at radius 2 is 1.68 bits per heavy atom. The average Bonchev–Trinajstić information content (AvgIpc) is 2.39. The van der Waals surface area contributed by atoms with E-state index in [2.05, 4.69) is 0 Å². The smallest absolute Gasteiger partial charge is 0.175 e. The summed E-state index contributed by atoms with van der Waals surface area (Å²) in [5, 5.41) is 0. The first kappa shape index (κ1) is 13.3. The van der Waals surface area contributed by atoms with E-state index in [0.717, 1.165) is 12.5 Å². The Morgan fingerprint density at radius 1 is 1.00 bits per heavy atom. The Labute approximate surface area is 111 Å². The SMILES string of the molecule is CS(=O)(=O)c1cccc(Oc2ccc(C=O)cc2)c1. The lowest BCUT2D eigenvalue weighted by Gasteiger charge is -2.07. The van der Waals surface area contributed by atoms with Gasteiger partial charge in [0, 0.05) is 11.8 Å². The normalized spacial score (nSPS) is 11.0. The second kappa shape index (κ2) is 5.24. The molecule has 0 saturated carbocycles. The highest BCUT2D eigenvalue weighted by molar-refractivity contribution is 7.90. The van der Waals surface area contributed by atoms with E-state index in [0.29, 0.717) is 17.1 Å². The third-order valence-electron chi connectivity index (χ3n) is 2.49. The highest BCUT2D eigenvalue weighted by atomic mass is 32.2. The van der Waals surface area contributed by atoms with Crippen LogP contribution >= 0.6 is 0 Å². The maximum atomic E-state index is 11.4. The third kappa shape index (κ3) is 3.42. The fourth-order valence-electron chi connectivity index (χ4n) is 1.52. The van der Waals surface area contributed by atoms with Crippen LogP contribution < -0.4 is 4.74 Å². The van der Waals surface area contributed by atoms with Crippen LogP contribution in [0, 0.1) is 0 Å². The van der Waals surface area contributed by atoms with Crippen LogP contribution in [0.25, 0.3) is 0 Å². The standard InChI is InChI=1S/C14H12O4S/c1-19(16,17)14-4-2-3-13(9-14)18-12-7-5-11(10-15)6-8-12/h2-10H,1H3. The van der Waals surface area contributed by atoms with Gasteiger partial charge in [0.25, 0.3) is 0 Å². The summed E-state index contributed by atoms with van der Waals surface area (Å²) in [6.45, 7) is 0. The highest BCUT2D eigenvalue weighted by Crippen LogP contribution is 2.24. The number of sulfone groups is 1. The summed E-state index contributed by atoms with van der Waals surface area (Å²) in [5.41, 5.74) is 0.553. The van der Waals surface area contributed by atoms with Crippen LogP contribution in [0.4, 0.5) is 0 Å². The van der Waals surface area contributed by atoms with Crippen molar-refractivity contribution < 1.29 is 17.9 Å². The summed E-state index contributed by atoms with van der Waals surface area (Å²) in [5.74, 6) is 0.970. The van der Waals surface area contributed by atoms with Crippen LogP contribution in [0.3, 0.4) is 0 Å². The van der Waals surface area contributed by atoms with Crippen LogP contribution in [0.1, 0.15) is 10.4 Å². The number of hydrogen-bond acceptors (Lipinski definition) is 4. The molecule has 0 atom stereocenters. The first-order valence-corrected chi connectivity index (χ1v) is 7.41. The van der Waals surface area contributed by atoms with E-state index >= 15 is 0 Å². The molecule has 0 aliphatic rings. The van der Waals surface area contributed by atoms with Crippen molar-refractivity contribution in [2.75, 3.05) is 6.26 Å². The van der Waals surface area contributed by atoms with E-state index in [1.54, 1.807) is 36.4 Å². The number of rotatable bonds is 4. The molecular weight excluding hydrogens is 264 g/mol. The van der Waals surface area contributed by atoms with Gasteiger partial charge in [0.05, 0.1) is 4.90 Å².